The molecule has 0 saturated carbocycles. The van der Waals surface area contributed by atoms with Crippen LogP contribution < -0.4 is 5.73 Å². The first kappa shape index (κ1) is 19.7. The van der Waals surface area contributed by atoms with Crippen molar-refractivity contribution in [2.75, 3.05) is 26.7 Å². The van der Waals surface area contributed by atoms with Gasteiger partial charge in [0.2, 0.25) is 5.91 Å². The van der Waals surface area contributed by atoms with E-state index < -0.39 is 11.6 Å². The maximum absolute atomic E-state index is 12.4. The predicted molar refractivity (Wildman–Crippen MR) is 91.0 cm³/mol. The van der Waals surface area contributed by atoms with Crippen molar-refractivity contribution in [1.82, 2.24) is 9.80 Å². The maximum Gasteiger partial charge on any atom is 0.410 e. The molecule has 2 N–H and O–H groups in total. The summed E-state index contributed by atoms with van der Waals surface area (Å²) < 4.78 is 5.37. The lowest BCUT2D eigenvalue weighted by Crippen LogP contribution is -2.51. The second-order valence-electron chi connectivity index (χ2n) is 7.92. The molecular formula is C17H33N3O3. The first-order valence-electron chi connectivity index (χ1n) is 8.49. The zero-order valence-corrected chi connectivity index (χ0v) is 15.5. The molecule has 6 nitrogen and oxygen atoms in total. The number of amides is 2. The molecule has 0 spiro atoms. The highest BCUT2D eigenvalue weighted by atomic mass is 16.6. The molecular weight excluding hydrogens is 294 g/mol. The molecule has 1 heterocycles. The van der Waals surface area contributed by atoms with Gasteiger partial charge >= 0.3 is 6.09 Å². The number of hydrogen-bond donors (Lipinski definition) is 1. The van der Waals surface area contributed by atoms with Crippen LogP contribution in [0.2, 0.25) is 0 Å². The Morgan fingerprint density at radius 2 is 1.96 bits per heavy atom. The van der Waals surface area contributed by atoms with Crippen LogP contribution in [-0.2, 0) is 9.53 Å². The lowest BCUT2D eigenvalue weighted by molar-refractivity contribution is -0.135. The molecule has 0 bridgehead atoms. The molecule has 2 atom stereocenters. The van der Waals surface area contributed by atoms with Crippen molar-refractivity contribution >= 4 is 12.0 Å². The summed E-state index contributed by atoms with van der Waals surface area (Å²) in [6.07, 6.45) is 1.64. The lowest BCUT2D eigenvalue weighted by Gasteiger charge is -2.36. The van der Waals surface area contributed by atoms with Gasteiger partial charge in [-0.1, -0.05) is 13.8 Å². The average molecular weight is 327 g/mol. The summed E-state index contributed by atoms with van der Waals surface area (Å²) in [6.45, 7) is 11.5. The van der Waals surface area contributed by atoms with E-state index >= 15 is 0 Å². The normalized spacial score (nSPS) is 20.3. The highest BCUT2D eigenvalue weighted by Crippen LogP contribution is 2.20. The zero-order chi connectivity index (χ0) is 17.8. The van der Waals surface area contributed by atoms with E-state index in [-0.39, 0.29) is 23.8 Å². The fourth-order valence-corrected chi connectivity index (χ4v) is 2.71. The molecule has 1 fully saturated rings. The quantitative estimate of drug-likeness (QED) is 0.857. The van der Waals surface area contributed by atoms with E-state index in [1.54, 1.807) is 11.9 Å². The van der Waals surface area contributed by atoms with Gasteiger partial charge in [-0.15, -0.1) is 0 Å². The molecule has 134 valence electrons. The second kappa shape index (κ2) is 7.99. The van der Waals surface area contributed by atoms with Crippen molar-refractivity contribution in [1.29, 1.82) is 0 Å². The van der Waals surface area contributed by atoms with E-state index in [4.69, 9.17) is 10.5 Å². The predicted octanol–water partition coefficient (Wildman–Crippen LogP) is 2.08. The van der Waals surface area contributed by atoms with Crippen LogP contribution >= 0.6 is 0 Å². The van der Waals surface area contributed by atoms with E-state index in [1.165, 1.54) is 0 Å². The minimum atomic E-state index is -0.496. The van der Waals surface area contributed by atoms with Crippen molar-refractivity contribution in [2.24, 2.45) is 17.6 Å². The molecule has 0 aliphatic carbocycles. The number of carbonyl (C=O) groups is 2. The van der Waals surface area contributed by atoms with Crippen LogP contribution in [0.4, 0.5) is 4.79 Å². The average Bonchev–Trinajstić information content (AvgIpc) is 2.44. The Morgan fingerprint density at radius 3 is 2.48 bits per heavy atom. The molecule has 1 rings (SSSR count). The maximum atomic E-state index is 12.4. The van der Waals surface area contributed by atoms with Gasteiger partial charge in [-0.05, 0) is 45.4 Å². The molecule has 6 heteroatoms. The summed E-state index contributed by atoms with van der Waals surface area (Å²) in [5.41, 5.74) is 5.48. The van der Waals surface area contributed by atoms with Gasteiger partial charge in [-0.3, -0.25) is 4.79 Å². The van der Waals surface area contributed by atoms with E-state index in [1.807, 2.05) is 39.5 Å². The Kier molecular flexibility index (Phi) is 6.86. The third-order valence-corrected chi connectivity index (χ3v) is 4.07. The summed E-state index contributed by atoms with van der Waals surface area (Å²) in [7, 11) is 1.74. The van der Waals surface area contributed by atoms with Crippen LogP contribution in [0.1, 0.15) is 47.5 Å². The van der Waals surface area contributed by atoms with Crippen molar-refractivity contribution in [3.05, 3.63) is 0 Å². The van der Waals surface area contributed by atoms with Crippen LogP contribution in [0.15, 0.2) is 0 Å². The Balaban J connectivity index is 2.55. The van der Waals surface area contributed by atoms with Gasteiger partial charge in [-0.2, -0.15) is 0 Å². The first-order valence-corrected chi connectivity index (χ1v) is 8.49. The van der Waals surface area contributed by atoms with Gasteiger partial charge in [0, 0.05) is 26.7 Å². The van der Waals surface area contributed by atoms with Crippen LogP contribution in [0.5, 0.6) is 0 Å². The summed E-state index contributed by atoms with van der Waals surface area (Å²) >= 11 is 0. The number of nitrogens with two attached hydrogens (primary N) is 1. The molecule has 0 aromatic rings. The standard InChI is InChI=1S/C17H33N3O3/c1-12(2)14(18)15(21)20-9-7-8-13(11-20)10-19(6)16(22)23-17(3,4)5/h12-14H,7-11,18H2,1-6H3/t13?,14-/m0/s1. The van der Waals surface area contributed by atoms with Crippen LogP contribution in [-0.4, -0.2) is 60.1 Å². The number of piperidine rings is 1. The summed E-state index contributed by atoms with van der Waals surface area (Å²) in [6, 6.07) is -0.447. The number of nitrogens with zero attached hydrogens (tertiary/aromatic N) is 2. The van der Waals surface area contributed by atoms with Crippen LogP contribution in [0, 0.1) is 11.8 Å². The SMILES string of the molecule is CC(C)[C@H](N)C(=O)N1CCCC(CN(C)C(=O)OC(C)(C)C)C1. The van der Waals surface area contributed by atoms with Gasteiger partial charge < -0.3 is 20.3 Å². The Bertz CT molecular complexity index is 418. The van der Waals surface area contributed by atoms with Gasteiger partial charge in [0.05, 0.1) is 6.04 Å². The third-order valence-electron chi connectivity index (χ3n) is 4.07. The molecule has 2 amide bonds. The molecule has 0 aromatic carbocycles. The fraction of sp³-hybridized carbons (Fsp3) is 0.882. The highest BCUT2D eigenvalue weighted by molar-refractivity contribution is 5.82. The Labute approximate surface area is 140 Å². The Hall–Kier alpha value is -1.30. The van der Waals surface area contributed by atoms with E-state index in [2.05, 4.69) is 0 Å². The Morgan fingerprint density at radius 1 is 1.35 bits per heavy atom. The monoisotopic (exact) mass is 327 g/mol. The van der Waals surface area contributed by atoms with Gasteiger partial charge in [0.15, 0.2) is 0 Å². The number of rotatable bonds is 4. The molecule has 0 radical (unpaired) electrons. The van der Waals surface area contributed by atoms with Gasteiger partial charge in [-0.25, -0.2) is 4.79 Å². The van der Waals surface area contributed by atoms with Crippen molar-refractivity contribution < 1.29 is 14.3 Å². The smallest absolute Gasteiger partial charge is 0.410 e. The minimum Gasteiger partial charge on any atom is -0.444 e. The largest absolute Gasteiger partial charge is 0.444 e. The second-order valence-corrected chi connectivity index (χ2v) is 7.92. The van der Waals surface area contributed by atoms with E-state index in [0.717, 1.165) is 19.4 Å². The molecule has 1 unspecified atom stereocenters. The van der Waals surface area contributed by atoms with E-state index in [0.29, 0.717) is 13.1 Å². The lowest BCUT2D eigenvalue weighted by atomic mass is 9.95. The van der Waals surface area contributed by atoms with Crippen LogP contribution in [0.3, 0.4) is 0 Å². The highest BCUT2D eigenvalue weighted by Gasteiger charge is 2.30. The summed E-state index contributed by atoms with van der Waals surface area (Å²) in [5, 5.41) is 0. The molecule has 1 aliphatic rings. The zero-order valence-electron chi connectivity index (χ0n) is 15.5. The van der Waals surface area contributed by atoms with Gasteiger partial charge in [0.1, 0.15) is 5.60 Å². The third kappa shape index (κ3) is 6.37. The summed E-state index contributed by atoms with van der Waals surface area (Å²) in [5.74, 6) is 0.418. The van der Waals surface area contributed by atoms with Gasteiger partial charge in [0.25, 0.3) is 0 Å². The van der Waals surface area contributed by atoms with Crippen molar-refractivity contribution in [3.63, 3.8) is 0 Å². The van der Waals surface area contributed by atoms with Crippen LogP contribution in [0.25, 0.3) is 0 Å². The van der Waals surface area contributed by atoms with E-state index in [9.17, 15) is 9.59 Å². The van der Waals surface area contributed by atoms with Crippen molar-refractivity contribution in [3.8, 4) is 0 Å². The summed E-state index contributed by atoms with van der Waals surface area (Å²) in [4.78, 5) is 27.9. The number of hydrogen-bond acceptors (Lipinski definition) is 4. The molecule has 1 aliphatic heterocycles. The van der Waals surface area contributed by atoms with Crippen molar-refractivity contribution in [2.45, 2.75) is 59.1 Å². The number of ether oxygens (including phenoxy) is 1. The number of likely N-dealkylation sites (tertiary alicyclic amines) is 1. The minimum absolute atomic E-state index is 0.0182. The first-order chi connectivity index (χ1) is 10.5. The fourth-order valence-electron chi connectivity index (χ4n) is 2.71. The molecule has 1 saturated heterocycles. The molecule has 0 aromatic heterocycles. The topological polar surface area (TPSA) is 75.9 Å². The number of carbonyl (C=O) groups excluding carboxylic acids is 2. The molecule has 23 heavy (non-hydrogen) atoms.